The van der Waals surface area contributed by atoms with Crippen molar-refractivity contribution < 1.29 is 8.78 Å². The molecule has 8 heteroatoms. The van der Waals surface area contributed by atoms with Crippen LogP contribution >= 0.6 is 11.6 Å². The Balaban J connectivity index is 1.63. The highest BCUT2D eigenvalue weighted by Gasteiger charge is 2.25. The predicted octanol–water partition coefficient (Wildman–Crippen LogP) is 3.92. The van der Waals surface area contributed by atoms with Crippen molar-refractivity contribution in [2.75, 3.05) is 6.54 Å². The average molecular weight is 460 g/mol. The average Bonchev–Trinajstić information content (AvgIpc) is 2.75. The zero-order valence-electron chi connectivity index (χ0n) is 17.9. The first-order valence-electron chi connectivity index (χ1n) is 10.4. The smallest absolute Gasteiger partial charge is 0.300 e. The Morgan fingerprint density at radius 3 is 2.41 bits per heavy atom. The van der Waals surface area contributed by atoms with Crippen molar-refractivity contribution >= 4 is 11.6 Å². The highest BCUT2D eigenvalue weighted by Crippen LogP contribution is 2.27. The van der Waals surface area contributed by atoms with Crippen LogP contribution in [-0.2, 0) is 39.0 Å². The van der Waals surface area contributed by atoms with Gasteiger partial charge in [-0.3, -0.25) is 14.3 Å². The molecular formula is C24H24ClF2N3O2. The highest BCUT2D eigenvalue weighted by atomic mass is 35.5. The van der Waals surface area contributed by atoms with Crippen molar-refractivity contribution in [2.24, 2.45) is 7.05 Å². The number of hydrogen-bond donors (Lipinski definition) is 0. The molecule has 0 N–H and O–H groups in total. The normalized spacial score (nSPS) is 14.4. The van der Waals surface area contributed by atoms with Crippen LogP contribution in [-0.4, -0.2) is 20.6 Å². The lowest BCUT2D eigenvalue weighted by Crippen LogP contribution is -2.47. The van der Waals surface area contributed by atoms with Gasteiger partial charge in [-0.2, -0.15) is 0 Å². The third-order valence-electron chi connectivity index (χ3n) is 5.92. The molecule has 1 aliphatic rings. The molecule has 0 saturated carbocycles. The van der Waals surface area contributed by atoms with Gasteiger partial charge in [0.15, 0.2) is 0 Å². The van der Waals surface area contributed by atoms with Crippen molar-refractivity contribution in [1.29, 1.82) is 0 Å². The molecular weight excluding hydrogens is 436 g/mol. The van der Waals surface area contributed by atoms with Crippen LogP contribution in [0, 0.1) is 0 Å². The van der Waals surface area contributed by atoms with E-state index in [1.54, 1.807) is 7.05 Å². The molecule has 0 spiro atoms. The van der Waals surface area contributed by atoms with Gasteiger partial charge in [-0.15, -0.1) is 0 Å². The quantitative estimate of drug-likeness (QED) is 0.581. The van der Waals surface area contributed by atoms with Crippen LogP contribution < -0.4 is 11.2 Å². The molecule has 0 atom stereocenters. The zero-order chi connectivity index (χ0) is 23.0. The second-order valence-electron chi connectivity index (χ2n) is 8.33. The fraction of sp³-hybridized carbons (Fsp3) is 0.333. The Morgan fingerprint density at radius 2 is 1.75 bits per heavy atom. The summed E-state index contributed by atoms with van der Waals surface area (Å²) in [7, 11) is 1.67. The Hall–Kier alpha value is -2.77. The summed E-state index contributed by atoms with van der Waals surface area (Å²) in [6.07, 6.45) is 0.595. The van der Waals surface area contributed by atoms with E-state index in [9.17, 15) is 18.4 Å². The predicted molar refractivity (Wildman–Crippen MR) is 120 cm³/mol. The second-order valence-corrected chi connectivity index (χ2v) is 8.77. The van der Waals surface area contributed by atoms with Crippen molar-refractivity contribution in [3.05, 3.63) is 102 Å². The van der Waals surface area contributed by atoms with Crippen molar-refractivity contribution in [1.82, 2.24) is 14.0 Å². The summed E-state index contributed by atoms with van der Waals surface area (Å²) in [6, 6.07) is 13.3. The van der Waals surface area contributed by atoms with E-state index in [1.165, 1.54) is 33.4 Å². The second kappa shape index (κ2) is 8.64. The zero-order valence-corrected chi connectivity index (χ0v) is 18.7. The highest BCUT2D eigenvalue weighted by molar-refractivity contribution is 6.30. The Kier molecular flexibility index (Phi) is 6.05. The summed E-state index contributed by atoms with van der Waals surface area (Å²) in [5.74, 6) is -2.94. The third-order valence-corrected chi connectivity index (χ3v) is 6.15. The number of fused-ring (bicyclic) bond motifs is 1. The third kappa shape index (κ3) is 4.54. The van der Waals surface area contributed by atoms with Gasteiger partial charge in [0, 0.05) is 56.3 Å². The van der Waals surface area contributed by atoms with Gasteiger partial charge in [-0.1, -0.05) is 48.0 Å². The van der Waals surface area contributed by atoms with Gasteiger partial charge in [0.2, 0.25) is 0 Å². The minimum atomic E-state index is -2.94. The van der Waals surface area contributed by atoms with E-state index in [1.807, 2.05) is 24.3 Å². The maximum absolute atomic E-state index is 13.5. The summed E-state index contributed by atoms with van der Waals surface area (Å²) in [4.78, 5) is 28.3. The Morgan fingerprint density at radius 1 is 1.03 bits per heavy atom. The molecule has 0 aliphatic carbocycles. The van der Waals surface area contributed by atoms with Crippen LogP contribution in [0.25, 0.3) is 0 Å². The van der Waals surface area contributed by atoms with E-state index in [2.05, 4.69) is 4.90 Å². The van der Waals surface area contributed by atoms with Gasteiger partial charge in [0.1, 0.15) is 0 Å². The molecule has 3 aromatic rings. The molecule has 0 radical (unpaired) electrons. The molecule has 4 rings (SSSR count). The number of halogens is 3. The number of rotatable bonds is 5. The lowest BCUT2D eigenvalue weighted by molar-refractivity contribution is 0.0174. The molecule has 0 saturated heterocycles. The topological polar surface area (TPSA) is 47.2 Å². The SMILES string of the molecule is Cn1c2c(c(=O)n(Cc3ccc(C(C)(F)F)cc3)c1=O)CN(Cc1cccc(Cl)c1)CC2. The van der Waals surface area contributed by atoms with Gasteiger partial charge < -0.3 is 4.57 Å². The van der Waals surface area contributed by atoms with Crippen molar-refractivity contribution in [2.45, 2.75) is 38.9 Å². The number of nitrogens with zero attached hydrogens (tertiary/aromatic N) is 3. The van der Waals surface area contributed by atoms with Gasteiger partial charge >= 0.3 is 5.69 Å². The largest absolute Gasteiger partial charge is 0.331 e. The first kappa shape index (κ1) is 22.4. The van der Waals surface area contributed by atoms with E-state index < -0.39 is 11.6 Å². The first-order chi connectivity index (χ1) is 15.1. The minimum absolute atomic E-state index is 0.0304. The standard InChI is InChI=1S/C24H24ClF2N3O2/c1-24(26,27)18-8-6-16(7-9-18)14-30-22(31)20-15-29(11-10-21(20)28(2)23(30)32)13-17-4-3-5-19(25)12-17/h3-9,12H,10-11,13-15H2,1-2H3. The van der Waals surface area contributed by atoms with Gasteiger partial charge in [0.05, 0.1) is 12.1 Å². The Bertz CT molecular complexity index is 1260. The maximum atomic E-state index is 13.5. The monoisotopic (exact) mass is 459 g/mol. The molecule has 1 aliphatic heterocycles. The van der Waals surface area contributed by atoms with Crippen molar-refractivity contribution in [3.63, 3.8) is 0 Å². The lowest BCUT2D eigenvalue weighted by atomic mass is 10.0. The molecule has 2 aromatic carbocycles. The fourth-order valence-electron chi connectivity index (χ4n) is 4.17. The minimum Gasteiger partial charge on any atom is -0.300 e. The van der Waals surface area contributed by atoms with Crippen molar-refractivity contribution in [3.8, 4) is 0 Å². The van der Waals surface area contributed by atoms with Crippen LogP contribution in [0.5, 0.6) is 0 Å². The lowest BCUT2D eigenvalue weighted by Gasteiger charge is -2.30. The van der Waals surface area contributed by atoms with Gasteiger partial charge in [0.25, 0.3) is 11.5 Å². The van der Waals surface area contributed by atoms with E-state index in [4.69, 9.17) is 11.6 Å². The van der Waals surface area contributed by atoms with Crippen LogP contribution in [0.2, 0.25) is 5.02 Å². The molecule has 0 amide bonds. The van der Waals surface area contributed by atoms with Gasteiger partial charge in [-0.25, -0.2) is 13.6 Å². The van der Waals surface area contributed by atoms with Crippen LogP contribution in [0.4, 0.5) is 8.78 Å². The summed E-state index contributed by atoms with van der Waals surface area (Å²) >= 11 is 6.09. The number of hydrogen-bond acceptors (Lipinski definition) is 3. The van der Waals surface area contributed by atoms with Crippen LogP contribution in [0.15, 0.2) is 58.1 Å². The first-order valence-corrected chi connectivity index (χ1v) is 10.8. The molecule has 32 heavy (non-hydrogen) atoms. The molecule has 2 heterocycles. The molecule has 168 valence electrons. The van der Waals surface area contributed by atoms with E-state index in [0.29, 0.717) is 35.7 Å². The van der Waals surface area contributed by atoms with Crippen LogP contribution in [0.3, 0.4) is 0 Å². The Labute approximate surface area is 189 Å². The molecule has 5 nitrogen and oxygen atoms in total. The molecule has 1 aromatic heterocycles. The summed E-state index contributed by atoms with van der Waals surface area (Å²) < 4.78 is 29.7. The summed E-state index contributed by atoms with van der Waals surface area (Å²) in [6.45, 7) is 2.66. The number of benzene rings is 2. The van der Waals surface area contributed by atoms with E-state index >= 15 is 0 Å². The van der Waals surface area contributed by atoms with Crippen LogP contribution in [0.1, 0.15) is 34.9 Å². The van der Waals surface area contributed by atoms with Gasteiger partial charge in [-0.05, 0) is 23.3 Å². The fourth-order valence-corrected chi connectivity index (χ4v) is 4.38. The number of aromatic nitrogens is 2. The summed E-state index contributed by atoms with van der Waals surface area (Å²) in [5, 5.41) is 0.663. The van der Waals surface area contributed by atoms with E-state index in [0.717, 1.165) is 24.7 Å². The maximum Gasteiger partial charge on any atom is 0.331 e. The molecule has 0 fully saturated rings. The summed E-state index contributed by atoms with van der Waals surface area (Å²) in [5.41, 5.74) is 2.17. The van der Waals surface area contributed by atoms with E-state index in [-0.39, 0.29) is 17.7 Å². The molecule has 0 unspecified atom stereocenters. The molecule has 0 bridgehead atoms. The number of alkyl halides is 2.